The van der Waals surface area contributed by atoms with Gasteiger partial charge in [-0.3, -0.25) is 4.68 Å². The number of nitrogens with two attached hydrogens (primary N) is 1. The van der Waals surface area contributed by atoms with Gasteiger partial charge in [-0.05, 0) is 56.8 Å². The second-order valence-electron chi connectivity index (χ2n) is 5.30. The Balaban J connectivity index is 2.16. The molecule has 1 heterocycles. The van der Waals surface area contributed by atoms with Crippen molar-refractivity contribution in [3.8, 4) is 0 Å². The van der Waals surface area contributed by atoms with Crippen LogP contribution in [-0.4, -0.2) is 16.3 Å². The van der Waals surface area contributed by atoms with Gasteiger partial charge in [-0.25, -0.2) is 4.39 Å². The van der Waals surface area contributed by atoms with E-state index in [1.807, 2.05) is 24.6 Å². The molecule has 0 saturated heterocycles. The highest BCUT2D eigenvalue weighted by Gasteiger charge is 2.17. The molecule has 0 aliphatic rings. The van der Waals surface area contributed by atoms with Gasteiger partial charge in [0.05, 0.1) is 16.4 Å². The number of benzene rings is 1. The smallest absolute Gasteiger partial charge is 0.123 e. The molecular formula is C16H21ClFN3. The molecule has 0 aliphatic heterocycles. The van der Waals surface area contributed by atoms with Crippen LogP contribution >= 0.6 is 11.6 Å². The highest BCUT2D eigenvalue weighted by atomic mass is 35.5. The van der Waals surface area contributed by atoms with Gasteiger partial charge in [-0.2, -0.15) is 5.10 Å². The number of aryl methyl sites for hydroxylation is 2. The Bertz CT molecular complexity index is 610. The molecule has 114 valence electrons. The molecule has 1 unspecified atom stereocenters. The summed E-state index contributed by atoms with van der Waals surface area (Å²) in [6.45, 7) is 5.25. The summed E-state index contributed by atoms with van der Waals surface area (Å²) in [7, 11) is 0. The number of hydrogen-bond acceptors (Lipinski definition) is 2. The molecule has 3 nitrogen and oxygen atoms in total. The standard InChI is InChI=1S/C16H21ClFN3/c1-3-21-15(16(17)11(2)20-21)9-13(10-19)7-12-5-4-6-14(18)8-12/h4-6,8,13H,3,7,9-10,19H2,1-2H3. The van der Waals surface area contributed by atoms with Crippen molar-refractivity contribution in [3.63, 3.8) is 0 Å². The van der Waals surface area contributed by atoms with Crippen LogP contribution in [0, 0.1) is 18.7 Å². The van der Waals surface area contributed by atoms with Gasteiger partial charge in [-0.1, -0.05) is 23.7 Å². The quantitative estimate of drug-likeness (QED) is 0.889. The molecule has 2 N–H and O–H groups in total. The third-order valence-electron chi connectivity index (χ3n) is 3.68. The third kappa shape index (κ3) is 3.83. The van der Waals surface area contributed by atoms with Gasteiger partial charge < -0.3 is 5.73 Å². The lowest BCUT2D eigenvalue weighted by atomic mass is 9.94. The summed E-state index contributed by atoms with van der Waals surface area (Å²) in [5.41, 5.74) is 8.71. The molecule has 0 amide bonds. The zero-order valence-corrected chi connectivity index (χ0v) is 13.2. The van der Waals surface area contributed by atoms with E-state index in [-0.39, 0.29) is 11.7 Å². The molecule has 0 radical (unpaired) electrons. The van der Waals surface area contributed by atoms with Crippen molar-refractivity contribution in [2.24, 2.45) is 11.7 Å². The number of nitrogens with zero attached hydrogens (tertiary/aromatic N) is 2. The van der Waals surface area contributed by atoms with Gasteiger partial charge in [0, 0.05) is 6.54 Å². The zero-order chi connectivity index (χ0) is 15.4. The Kier molecular flexibility index (Phi) is 5.37. The summed E-state index contributed by atoms with van der Waals surface area (Å²) in [4.78, 5) is 0. The topological polar surface area (TPSA) is 43.8 Å². The van der Waals surface area contributed by atoms with E-state index in [9.17, 15) is 4.39 Å². The maximum absolute atomic E-state index is 13.3. The van der Waals surface area contributed by atoms with Gasteiger partial charge in [-0.15, -0.1) is 0 Å². The number of rotatable bonds is 6. The molecule has 0 fully saturated rings. The third-order valence-corrected chi connectivity index (χ3v) is 4.17. The predicted molar refractivity (Wildman–Crippen MR) is 84.0 cm³/mol. The molecular weight excluding hydrogens is 289 g/mol. The normalized spacial score (nSPS) is 12.6. The fourth-order valence-corrected chi connectivity index (χ4v) is 2.79. The Morgan fingerprint density at radius 1 is 1.38 bits per heavy atom. The van der Waals surface area contributed by atoms with E-state index in [2.05, 4.69) is 5.10 Å². The highest BCUT2D eigenvalue weighted by Crippen LogP contribution is 2.24. The van der Waals surface area contributed by atoms with E-state index < -0.39 is 0 Å². The summed E-state index contributed by atoms with van der Waals surface area (Å²) in [5.74, 6) is 0.00134. The maximum Gasteiger partial charge on any atom is 0.123 e. The van der Waals surface area contributed by atoms with E-state index in [1.165, 1.54) is 6.07 Å². The monoisotopic (exact) mass is 309 g/mol. The second-order valence-corrected chi connectivity index (χ2v) is 5.68. The van der Waals surface area contributed by atoms with Crippen LogP contribution in [0.4, 0.5) is 4.39 Å². The number of halogens is 2. The van der Waals surface area contributed by atoms with E-state index in [4.69, 9.17) is 17.3 Å². The molecule has 2 aromatic rings. The molecule has 0 aliphatic carbocycles. The van der Waals surface area contributed by atoms with Crippen molar-refractivity contribution in [2.45, 2.75) is 33.2 Å². The van der Waals surface area contributed by atoms with Crippen LogP contribution in [0.15, 0.2) is 24.3 Å². The zero-order valence-electron chi connectivity index (χ0n) is 12.4. The number of hydrogen-bond donors (Lipinski definition) is 1. The first kappa shape index (κ1) is 16.0. The fraction of sp³-hybridized carbons (Fsp3) is 0.438. The minimum atomic E-state index is -0.212. The van der Waals surface area contributed by atoms with E-state index in [0.717, 1.165) is 41.4 Å². The largest absolute Gasteiger partial charge is 0.330 e. The Morgan fingerprint density at radius 3 is 2.76 bits per heavy atom. The molecule has 0 spiro atoms. The van der Waals surface area contributed by atoms with Crippen LogP contribution < -0.4 is 5.73 Å². The molecule has 2 rings (SSSR count). The second kappa shape index (κ2) is 7.05. The first-order valence-electron chi connectivity index (χ1n) is 7.21. The maximum atomic E-state index is 13.3. The lowest BCUT2D eigenvalue weighted by Crippen LogP contribution is -2.21. The fourth-order valence-electron chi connectivity index (χ4n) is 2.57. The van der Waals surface area contributed by atoms with Crippen LogP contribution in [0.1, 0.15) is 23.9 Å². The van der Waals surface area contributed by atoms with Crippen molar-refractivity contribution >= 4 is 11.6 Å². The van der Waals surface area contributed by atoms with Gasteiger partial charge >= 0.3 is 0 Å². The molecule has 0 saturated carbocycles. The van der Waals surface area contributed by atoms with Gasteiger partial charge in [0.15, 0.2) is 0 Å². The first-order chi connectivity index (χ1) is 10.0. The number of aromatic nitrogens is 2. The van der Waals surface area contributed by atoms with Crippen LogP contribution in [0.25, 0.3) is 0 Å². The minimum absolute atomic E-state index is 0.212. The summed E-state index contributed by atoms with van der Waals surface area (Å²) >= 11 is 6.34. The molecule has 5 heteroatoms. The van der Waals surface area contributed by atoms with Crippen LogP contribution in [-0.2, 0) is 19.4 Å². The summed E-state index contributed by atoms with van der Waals surface area (Å²) in [6.07, 6.45) is 1.49. The molecule has 0 bridgehead atoms. The lowest BCUT2D eigenvalue weighted by molar-refractivity contribution is 0.497. The Hall–Kier alpha value is -1.39. The summed E-state index contributed by atoms with van der Waals surface area (Å²) < 4.78 is 15.2. The first-order valence-corrected chi connectivity index (χ1v) is 7.59. The predicted octanol–water partition coefficient (Wildman–Crippen LogP) is 3.36. The van der Waals surface area contributed by atoms with Crippen molar-refractivity contribution in [1.82, 2.24) is 9.78 Å². The van der Waals surface area contributed by atoms with E-state index in [0.29, 0.717) is 6.54 Å². The van der Waals surface area contributed by atoms with Gasteiger partial charge in [0.2, 0.25) is 0 Å². The molecule has 1 aromatic heterocycles. The van der Waals surface area contributed by atoms with E-state index >= 15 is 0 Å². The van der Waals surface area contributed by atoms with Crippen molar-refractivity contribution in [2.75, 3.05) is 6.54 Å². The van der Waals surface area contributed by atoms with E-state index in [1.54, 1.807) is 12.1 Å². The van der Waals surface area contributed by atoms with Crippen molar-refractivity contribution < 1.29 is 4.39 Å². The lowest BCUT2D eigenvalue weighted by Gasteiger charge is -2.16. The summed E-state index contributed by atoms with van der Waals surface area (Å²) in [6, 6.07) is 6.67. The SMILES string of the molecule is CCn1nc(C)c(Cl)c1CC(CN)Cc1cccc(F)c1. The van der Waals surface area contributed by atoms with Crippen LogP contribution in [0.2, 0.25) is 5.02 Å². The highest BCUT2D eigenvalue weighted by molar-refractivity contribution is 6.31. The van der Waals surface area contributed by atoms with Crippen molar-refractivity contribution in [1.29, 1.82) is 0 Å². The van der Waals surface area contributed by atoms with Crippen molar-refractivity contribution in [3.05, 3.63) is 52.1 Å². The Morgan fingerprint density at radius 2 is 2.14 bits per heavy atom. The molecule has 1 aromatic carbocycles. The average Bonchev–Trinajstić information content (AvgIpc) is 2.74. The molecule has 21 heavy (non-hydrogen) atoms. The van der Waals surface area contributed by atoms with Crippen LogP contribution in [0.5, 0.6) is 0 Å². The average molecular weight is 310 g/mol. The van der Waals surface area contributed by atoms with Gasteiger partial charge in [0.1, 0.15) is 5.82 Å². The molecule has 1 atom stereocenters. The van der Waals surface area contributed by atoms with Gasteiger partial charge in [0.25, 0.3) is 0 Å². The minimum Gasteiger partial charge on any atom is -0.330 e. The van der Waals surface area contributed by atoms with Crippen LogP contribution in [0.3, 0.4) is 0 Å². The summed E-state index contributed by atoms with van der Waals surface area (Å²) in [5, 5.41) is 5.14. The Labute approximate surface area is 129 Å².